The highest BCUT2D eigenvalue weighted by atomic mass is 79.9. The Morgan fingerprint density at radius 1 is 1.75 bits per heavy atom. The zero-order valence-corrected chi connectivity index (χ0v) is 8.74. The van der Waals surface area contributed by atoms with Gasteiger partial charge in [-0.05, 0) is 39.4 Å². The van der Waals surface area contributed by atoms with Gasteiger partial charge in [-0.15, -0.1) is 11.3 Å². The number of amides is 2. The van der Waals surface area contributed by atoms with Crippen LogP contribution < -0.4 is 11.1 Å². The zero-order chi connectivity index (χ0) is 8.97. The summed E-state index contributed by atoms with van der Waals surface area (Å²) in [4.78, 5) is 10.3. The summed E-state index contributed by atoms with van der Waals surface area (Å²) in [5, 5.41) is 4.58. The van der Waals surface area contributed by atoms with Crippen LogP contribution in [-0.2, 0) is 6.42 Å². The molecule has 0 aliphatic carbocycles. The molecule has 0 radical (unpaired) electrons. The van der Waals surface area contributed by atoms with E-state index in [2.05, 4.69) is 21.2 Å². The predicted molar refractivity (Wildman–Crippen MR) is 53.3 cm³/mol. The lowest BCUT2D eigenvalue weighted by atomic mass is 10.2. The van der Waals surface area contributed by atoms with Gasteiger partial charge in [0.15, 0.2) is 0 Å². The van der Waals surface area contributed by atoms with Gasteiger partial charge in [0.1, 0.15) is 0 Å². The molecule has 0 spiro atoms. The number of nitrogens with two attached hydrogens (primary N) is 1. The lowest BCUT2D eigenvalue weighted by Gasteiger charge is -1.98. The van der Waals surface area contributed by atoms with Crippen LogP contribution in [-0.4, -0.2) is 12.6 Å². The Bertz CT molecular complexity index is 274. The first kappa shape index (κ1) is 9.54. The smallest absolute Gasteiger partial charge is 0.312 e. The summed E-state index contributed by atoms with van der Waals surface area (Å²) in [6.45, 7) is 0.596. The van der Waals surface area contributed by atoms with Crippen LogP contribution in [0.4, 0.5) is 4.79 Å². The molecule has 66 valence electrons. The van der Waals surface area contributed by atoms with Crippen LogP contribution in [0.15, 0.2) is 15.2 Å². The van der Waals surface area contributed by atoms with Crippen LogP contribution in [0.25, 0.3) is 0 Å². The molecule has 1 aromatic rings. The Kier molecular flexibility index (Phi) is 3.55. The van der Waals surface area contributed by atoms with Crippen LogP contribution in [0.2, 0.25) is 0 Å². The van der Waals surface area contributed by atoms with Gasteiger partial charge in [-0.2, -0.15) is 0 Å². The maximum absolute atomic E-state index is 10.3. The number of carbonyl (C=O) groups excluding carboxylic acids is 1. The molecular weight excluding hydrogens is 240 g/mol. The summed E-state index contributed by atoms with van der Waals surface area (Å²) in [5.41, 5.74) is 6.11. The van der Waals surface area contributed by atoms with Crippen LogP contribution in [0.1, 0.15) is 5.56 Å². The van der Waals surface area contributed by atoms with E-state index < -0.39 is 6.03 Å². The third-order valence-electron chi connectivity index (χ3n) is 1.33. The molecule has 1 heterocycles. The molecule has 0 fully saturated rings. The molecule has 2 amide bonds. The van der Waals surface area contributed by atoms with Gasteiger partial charge in [0.25, 0.3) is 0 Å². The van der Waals surface area contributed by atoms with E-state index in [1.807, 2.05) is 11.4 Å². The summed E-state index contributed by atoms with van der Waals surface area (Å²) < 4.78 is 1.11. The van der Waals surface area contributed by atoms with Crippen molar-refractivity contribution in [2.24, 2.45) is 5.73 Å². The monoisotopic (exact) mass is 248 g/mol. The number of primary amides is 1. The Hall–Kier alpha value is -0.550. The summed E-state index contributed by atoms with van der Waals surface area (Å²) in [5.74, 6) is 0. The van der Waals surface area contributed by atoms with Crippen molar-refractivity contribution in [1.82, 2.24) is 5.32 Å². The standard InChI is InChI=1S/C7H9BrN2OS/c8-6-3-5(4-12-6)1-2-10-7(9)11/h3-4H,1-2H2,(H3,9,10,11). The van der Waals surface area contributed by atoms with Crippen molar-refractivity contribution < 1.29 is 4.79 Å². The minimum atomic E-state index is -0.468. The highest BCUT2D eigenvalue weighted by Crippen LogP contribution is 2.20. The van der Waals surface area contributed by atoms with Crippen molar-refractivity contribution in [3.63, 3.8) is 0 Å². The number of urea groups is 1. The maximum atomic E-state index is 10.3. The van der Waals surface area contributed by atoms with Crippen LogP contribution in [0.3, 0.4) is 0 Å². The fourth-order valence-corrected chi connectivity index (χ4v) is 2.05. The van der Waals surface area contributed by atoms with E-state index in [0.717, 1.165) is 10.2 Å². The van der Waals surface area contributed by atoms with Crippen LogP contribution in [0.5, 0.6) is 0 Å². The van der Waals surface area contributed by atoms with Crippen molar-refractivity contribution in [3.8, 4) is 0 Å². The SMILES string of the molecule is NC(=O)NCCc1csc(Br)c1. The molecule has 1 aromatic heterocycles. The zero-order valence-electron chi connectivity index (χ0n) is 6.34. The molecule has 3 nitrogen and oxygen atoms in total. The average molecular weight is 249 g/mol. The van der Waals surface area contributed by atoms with E-state index in [1.54, 1.807) is 11.3 Å². The molecule has 0 saturated heterocycles. The first-order chi connectivity index (χ1) is 5.68. The Labute approximate surface area is 83.1 Å². The van der Waals surface area contributed by atoms with Crippen LogP contribution in [0, 0.1) is 0 Å². The number of halogens is 1. The third-order valence-corrected chi connectivity index (χ3v) is 2.89. The summed E-state index contributed by atoms with van der Waals surface area (Å²) in [6, 6.07) is 1.57. The molecular formula is C7H9BrN2OS. The van der Waals surface area contributed by atoms with Gasteiger partial charge < -0.3 is 11.1 Å². The summed E-state index contributed by atoms with van der Waals surface area (Å²) >= 11 is 5.00. The van der Waals surface area contributed by atoms with Gasteiger partial charge in [0.2, 0.25) is 0 Å². The second-order valence-electron chi connectivity index (χ2n) is 2.30. The minimum Gasteiger partial charge on any atom is -0.352 e. The molecule has 0 aliphatic rings. The van der Waals surface area contributed by atoms with Crippen molar-refractivity contribution in [2.75, 3.05) is 6.54 Å². The Morgan fingerprint density at radius 3 is 3.00 bits per heavy atom. The Balaban J connectivity index is 2.29. The molecule has 1 rings (SSSR count). The Morgan fingerprint density at radius 2 is 2.50 bits per heavy atom. The van der Waals surface area contributed by atoms with Crippen LogP contribution >= 0.6 is 27.3 Å². The molecule has 0 atom stereocenters. The average Bonchev–Trinajstić information content (AvgIpc) is 2.35. The van der Waals surface area contributed by atoms with E-state index >= 15 is 0 Å². The van der Waals surface area contributed by atoms with Gasteiger partial charge in [-0.1, -0.05) is 0 Å². The number of carbonyl (C=O) groups is 1. The minimum absolute atomic E-state index is 0.468. The van der Waals surface area contributed by atoms with Gasteiger partial charge in [-0.25, -0.2) is 4.79 Å². The topological polar surface area (TPSA) is 55.1 Å². The van der Waals surface area contributed by atoms with Crippen molar-refractivity contribution in [2.45, 2.75) is 6.42 Å². The summed E-state index contributed by atoms with van der Waals surface area (Å²) in [6.07, 6.45) is 0.824. The van der Waals surface area contributed by atoms with Crippen molar-refractivity contribution >= 4 is 33.3 Å². The lowest BCUT2D eigenvalue weighted by molar-refractivity contribution is 0.249. The van der Waals surface area contributed by atoms with Gasteiger partial charge in [0.05, 0.1) is 3.79 Å². The predicted octanol–water partition coefficient (Wildman–Crippen LogP) is 1.72. The van der Waals surface area contributed by atoms with E-state index in [0.29, 0.717) is 6.54 Å². The van der Waals surface area contributed by atoms with Crippen molar-refractivity contribution in [1.29, 1.82) is 0 Å². The molecule has 12 heavy (non-hydrogen) atoms. The highest BCUT2D eigenvalue weighted by molar-refractivity contribution is 9.11. The largest absolute Gasteiger partial charge is 0.352 e. The number of hydrogen-bond acceptors (Lipinski definition) is 2. The maximum Gasteiger partial charge on any atom is 0.312 e. The molecule has 0 saturated carbocycles. The summed E-state index contributed by atoms with van der Waals surface area (Å²) in [7, 11) is 0. The first-order valence-corrected chi connectivity index (χ1v) is 5.12. The molecule has 0 aromatic carbocycles. The normalized spacial score (nSPS) is 9.75. The number of nitrogens with one attached hydrogen (secondary N) is 1. The van der Waals surface area contributed by atoms with Gasteiger partial charge in [-0.3, -0.25) is 0 Å². The van der Waals surface area contributed by atoms with E-state index in [4.69, 9.17) is 5.73 Å². The lowest BCUT2D eigenvalue weighted by Crippen LogP contribution is -2.30. The number of rotatable bonds is 3. The van der Waals surface area contributed by atoms with Gasteiger partial charge >= 0.3 is 6.03 Å². The second-order valence-corrected chi connectivity index (χ2v) is 4.59. The second kappa shape index (κ2) is 4.47. The molecule has 0 unspecified atom stereocenters. The van der Waals surface area contributed by atoms with E-state index in [-0.39, 0.29) is 0 Å². The molecule has 5 heteroatoms. The van der Waals surface area contributed by atoms with Crippen molar-refractivity contribution in [3.05, 3.63) is 20.8 Å². The first-order valence-electron chi connectivity index (χ1n) is 3.44. The molecule has 3 N–H and O–H groups in total. The highest BCUT2D eigenvalue weighted by Gasteiger charge is 1.97. The van der Waals surface area contributed by atoms with E-state index in [9.17, 15) is 4.79 Å². The van der Waals surface area contributed by atoms with Gasteiger partial charge in [0, 0.05) is 6.54 Å². The molecule has 0 bridgehead atoms. The molecule has 0 aliphatic heterocycles. The number of thiophene rings is 1. The fourth-order valence-electron chi connectivity index (χ4n) is 0.807. The third kappa shape index (κ3) is 3.23. The van der Waals surface area contributed by atoms with E-state index in [1.165, 1.54) is 5.56 Å². The number of hydrogen-bond donors (Lipinski definition) is 2. The quantitative estimate of drug-likeness (QED) is 0.841. The fraction of sp³-hybridized carbons (Fsp3) is 0.286.